The third-order valence-corrected chi connectivity index (χ3v) is 8.26. The van der Waals surface area contributed by atoms with Gasteiger partial charge in [-0.3, -0.25) is 4.79 Å². The fourth-order valence-electron chi connectivity index (χ4n) is 4.77. The van der Waals surface area contributed by atoms with E-state index in [2.05, 4.69) is 18.7 Å². The number of hydrogen-bond acceptors (Lipinski definition) is 4. The van der Waals surface area contributed by atoms with E-state index in [0.717, 1.165) is 63.0 Å². The summed E-state index contributed by atoms with van der Waals surface area (Å²) in [6, 6.07) is 5.47. The Kier molecular flexibility index (Phi) is 5.16. The summed E-state index contributed by atoms with van der Waals surface area (Å²) in [5.41, 5.74) is 1.84. The van der Waals surface area contributed by atoms with Crippen molar-refractivity contribution in [3.8, 4) is 0 Å². The average Bonchev–Trinajstić information content (AvgIpc) is 3.29. The summed E-state index contributed by atoms with van der Waals surface area (Å²) in [5.74, 6) is 0.172. The van der Waals surface area contributed by atoms with E-state index in [1.165, 1.54) is 0 Å². The van der Waals surface area contributed by atoms with Gasteiger partial charge in [0.15, 0.2) is 0 Å². The Bertz CT molecular complexity index is 854. The van der Waals surface area contributed by atoms with Gasteiger partial charge in [0.2, 0.25) is 15.9 Å². The van der Waals surface area contributed by atoms with Crippen LogP contribution in [0.4, 0.5) is 5.69 Å². The number of piperidine rings is 1. The smallest absolute Gasteiger partial charge is 0.243 e. The van der Waals surface area contributed by atoms with Crippen LogP contribution in [0.3, 0.4) is 0 Å². The zero-order valence-corrected chi connectivity index (χ0v) is 17.8. The van der Waals surface area contributed by atoms with Crippen LogP contribution in [0.15, 0.2) is 23.1 Å². The van der Waals surface area contributed by atoms with E-state index in [4.69, 9.17) is 0 Å². The number of hydrogen-bond donors (Lipinski definition) is 0. The van der Waals surface area contributed by atoms with E-state index >= 15 is 0 Å². The number of sulfonamides is 1. The van der Waals surface area contributed by atoms with Crippen molar-refractivity contribution in [1.29, 1.82) is 0 Å². The minimum atomic E-state index is -3.45. The Morgan fingerprint density at radius 2 is 1.64 bits per heavy atom. The fourth-order valence-corrected chi connectivity index (χ4v) is 6.31. The van der Waals surface area contributed by atoms with Crippen molar-refractivity contribution in [1.82, 2.24) is 9.21 Å². The zero-order valence-electron chi connectivity index (χ0n) is 17.0. The van der Waals surface area contributed by atoms with Gasteiger partial charge < -0.3 is 9.80 Å². The largest absolute Gasteiger partial charge is 0.361 e. The topological polar surface area (TPSA) is 60.9 Å². The van der Waals surface area contributed by atoms with Crippen molar-refractivity contribution in [3.63, 3.8) is 0 Å². The predicted molar refractivity (Wildman–Crippen MR) is 110 cm³/mol. The Morgan fingerprint density at radius 3 is 2.32 bits per heavy atom. The van der Waals surface area contributed by atoms with Crippen LogP contribution in [0.2, 0.25) is 0 Å². The molecule has 4 rings (SSSR count). The summed E-state index contributed by atoms with van der Waals surface area (Å²) in [7, 11) is -3.45. The van der Waals surface area contributed by atoms with Crippen LogP contribution in [0.1, 0.15) is 51.5 Å². The SMILES string of the molecule is CC1(C)CN(CC(=O)N2CCCC2)c2ccc(S(=O)(=O)N3CCCCC3)cc21. The number of fused-ring (bicyclic) bond motifs is 1. The first-order valence-electron chi connectivity index (χ1n) is 10.5. The zero-order chi connectivity index (χ0) is 19.9. The molecule has 2 saturated heterocycles. The molecule has 0 aliphatic carbocycles. The van der Waals surface area contributed by atoms with Crippen LogP contribution < -0.4 is 4.90 Å². The highest BCUT2D eigenvalue weighted by atomic mass is 32.2. The summed E-state index contributed by atoms with van der Waals surface area (Å²) >= 11 is 0. The van der Waals surface area contributed by atoms with Gasteiger partial charge in [0, 0.05) is 43.8 Å². The molecule has 2 fully saturated rings. The summed E-state index contributed by atoms with van der Waals surface area (Å²) < 4.78 is 27.8. The molecule has 0 radical (unpaired) electrons. The number of carbonyl (C=O) groups is 1. The van der Waals surface area contributed by atoms with Crippen LogP contribution in [0.25, 0.3) is 0 Å². The maximum Gasteiger partial charge on any atom is 0.243 e. The molecular weight excluding hydrogens is 374 g/mol. The summed E-state index contributed by atoms with van der Waals surface area (Å²) in [4.78, 5) is 17.1. The normalized spacial score (nSPS) is 22.5. The Morgan fingerprint density at radius 1 is 1.00 bits per heavy atom. The van der Waals surface area contributed by atoms with E-state index in [1.807, 2.05) is 17.0 Å². The van der Waals surface area contributed by atoms with Gasteiger partial charge in [-0.1, -0.05) is 20.3 Å². The van der Waals surface area contributed by atoms with Gasteiger partial charge in [-0.05, 0) is 49.4 Å². The minimum absolute atomic E-state index is 0.172. The second kappa shape index (κ2) is 7.34. The van der Waals surface area contributed by atoms with Gasteiger partial charge in [-0.15, -0.1) is 0 Å². The molecule has 0 N–H and O–H groups in total. The first-order chi connectivity index (χ1) is 13.3. The number of nitrogens with zero attached hydrogens (tertiary/aromatic N) is 3. The van der Waals surface area contributed by atoms with Gasteiger partial charge in [-0.2, -0.15) is 4.31 Å². The molecule has 0 spiro atoms. The van der Waals surface area contributed by atoms with Crippen LogP contribution in [0.5, 0.6) is 0 Å². The van der Waals surface area contributed by atoms with E-state index in [9.17, 15) is 13.2 Å². The second-order valence-corrected chi connectivity index (χ2v) is 10.9. The molecule has 1 aromatic carbocycles. The molecule has 154 valence electrons. The molecule has 7 heteroatoms. The highest BCUT2D eigenvalue weighted by molar-refractivity contribution is 7.89. The molecule has 0 bridgehead atoms. The van der Waals surface area contributed by atoms with E-state index in [-0.39, 0.29) is 11.3 Å². The maximum atomic E-state index is 13.1. The molecule has 0 aromatic heterocycles. The van der Waals surface area contributed by atoms with Crippen molar-refractivity contribution in [2.75, 3.05) is 44.2 Å². The van der Waals surface area contributed by atoms with Gasteiger partial charge >= 0.3 is 0 Å². The first kappa shape index (κ1) is 19.7. The van der Waals surface area contributed by atoms with Crippen molar-refractivity contribution in [2.45, 2.75) is 56.3 Å². The lowest BCUT2D eigenvalue weighted by Crippen LogP contribution is -2.40. The van der Waals surface area contributed by atoms with Crippen molar-refractivity contribution in [2.24, 2.45) is 0 Å². The van der Waals surface area contributed by atoms with Crippen LogP contribution in [-0.2, 0) is 20.2 Å². The second-order valence-electron chi connectivity index (χ2n) is 8.97. The first-order valence-corrected chi connectivity index (χ1v) is 11.9. The maximum absolute atomic E-state index is 13.1. The van der Waals surface area contributed by atoms with Crippen LogP contribution >= 0.6 is 0 Å². The minimum Gasteiger partial charge on any atom is -0.361 e. The number of benzene rings is 1. The van der Waals surface area contributed by atoms with Gasteiger partial charge in [0.25, 0.3) is 0 Å². The molecule has 0 atom stereocenters. The number of amides is 1. The molecule has 1 aromatic rings. The monoisotopic (exact) mass is 405 g/mol. The lowest BCUT2D eigenvalue weighted by atomic mass is 9.87. The van der Waals surface area contributed by atoms with Crippen molar-refractivity contribution >= 4 is 21.6 Å². The highest BCUT2D eigenvalue weighted by Gasteiger charge is 2.38. The highest BCUT2D eigenvalue weighted by Crippen LogP contribution is 2.42. The average molecular weight is 406 g/mol. The number of rotatable bonds is 4. The van der Waals surface area contributed by atoms with Crippen LogP contribution in [0, 0.1) is 0 Å². The van der Waals surface area contributed by atoms with Gasteiger partial charge in [-0.25, -0.2) is 8.42 Å². The lowest BCUT2D eigenvalue weighted by molar-refractivity contribution is -0.128. The summed E-state index contributed by atoms with van der Waals surface area (Å²) in [6.07, 6.45) is 5.14. The van der Waals surface area contributed by atoms with Crippen LogP contribution in [-0.4, -0.2) is 62.8 Å². The Labute approximate surface area is 168 Å². The molecule has 3 aliphatic rings. The van der Waals surface area contributed by atoms with Crippen molar-refractivity contribution < 1.29 is 13.2 Å². The molecular formula is C21H31N3O3S. The molecule has 3 heterocycles. The predicted octanol–water partition coefficient (Wildman–Crippen LogP) is 2.58. The summed E-state index contributed by atoms with van der Waals surface area (Å²) in [5, 5.41) is 0. The molecule has 6 nitrogen and oxygen atoms in total. The van der Waals surface area contributed by atoms with Gasteiger partial charge in [0.05, 0.1) is 11.4 Å². The fraction of sp³-hybridized carbons (Fsp3) is 0.667. The standard InChI is InChI=1S/C21H31N3O3S/c1-21(2)16-23(15-20(25)22-10-6-7-11-22)19-9-8-17(14-18(19)21)28(26,27)24-12-4-3-5-13-24/h8-9,14H,3-7,10-13,15-16H2,1-2H3. The molecule has 0 saturated carbocycles. The van der Waals surface area contributed by atoms with E-state index in [0.29, 0.717) is 24.5 Å². The lowest BCUT2D eigenvalue weighted by Gasteiger charge is -2.26. The molecule has 28 heavy (non-hydrogen) atoms. The molecule has 0 unspecified atom stereocenters. The van der Waals surface area contributed by atoms with Crippen molar-refractivity contribution in [3.05, 3.63) is 23.8 Å². The molecule has 3 aliphatic heterocycles. The Hall–Kier alpha value is -1.60. The van der Waals surface area contributed by atoms with E-state index in [1.54, 1.807) is 10.4 Å². The third-order valence-electron chi connectivity index (χ3n) is 6.36. The number of carbonyl (C=O) groups excluding carboxylic acids is 1. The third kappa shape index (κ3) is 3.54. The number of likely N-dealkylation sites (tertiary alicyclic amines) is 1. The quantitative estimate of drug-likeness (QED) is 0.773. The van der Waals surface area contributed by atoms with E-state index < -0.39 is 10.0 Å². The molecule has 1 amide bonds. The summed E-state index contributed by atoms with van der Waals surface area (Å²) in [6.45, 7) is 8.29. The van der Waals surface area contributed by atoms with Gasteiger partial charge in [0.1, 0.15) is 0 Å². The number of anilines is 1. The Balaban J connectivity index is 1.59.